The molecule has 0 saturated heterocycles. The number of aliphatic hydroxyl groups excluding tert-OH is 1. The number of hydrogen-bond acceptors (Lipinski definition) is 2. The molecule has 3 heteroatoms. The Labute approximate surface area is 115 Å². The lowest BCUT2D eigenvalue weighted by Gasteiger charge is -2.28. The number of nitrogens with zero attached hydrogens (tertiary/aromatic N) is 1. The molecule has 0 aromatic heterocycles. The molecule has 0 atom stereocenters. The second kappa shape index (κ2) is 5.94. The summed E-state index contributed by atoms with van der Waals surface area (Å²) >= 11 is 6.10. The van der Waals surface area contributed by atoms with Crippen LogP contribution in [-0.2, 0) is 6.61 Å². The van der Waals surface area contributed by atoms with Crippen LogP contribution in [0.5, 0.6) is 0 Å². The van der Waals surface area contributed by atoms with Gasteiger partial charge < -0.3 is 10.0 Å². The van der Waals surface area contributed by atoms with Crippen molar-refractivity contribution in [1.29, 1.82) is 0 Å². The molecule has 100 valence electrons. The molecule has 0 radical (unpaired) electrons. The molecule has 0 bridgehead atoms. The molecule has 1 saturated carbocycles. The SMILES string of the molecule is CC(C)CCN(c1cc(Cl)ccc1CO)C1CC1. The zero-order valence-corrected chi connectivity index (χ0v) is 12.0. The fourth-order valence-corrected chi connectivity index (χ4v) is 2.39. The number of halogens is 1. The monoisotopic (exact) mass is 267 g/mol. The first-order valence-electron chi connectivity index (χ1n) is 6.77. The Kier molecular flexibility index (Phi) is 4.52. The smallest absolute Gasteiger partial charge is 0.0702 e. The second-order valence-electron chi connectivity index (χ2n) is 5.54. The summed E-state index contributed by atoms with van der Waals surface area (Å²) < 4.78 is 0. The van der Waals surface area contributed by atoms with Gasteiger partial charge in [0.15, 0.2) is 0 Å². The van der Waals surface area contributed by atoms with E-state index in [9.17, 15) is 5.11 Å². The number of rotatable bonds is 6. The maximum absolute atomic E-state index is 9.47. The number of hydrogen-bond donors (Lipinski definition) is 1. The Morgan fingerprint density at radius 2 is 2.11 bits per heavy atom. The largest absolute Gasteiger partial charge is 0.392 e. The molecule has 2 nitrogen and oxygen atoms in total. The maximum Gasteiger partial charge on any atom is 0.0702 e. The van der Waals surface area contributed by atoms with Gasteiger partial charge in [0, 0.05) is 28.9 Å². The van der Waals surface area contributed by atoms with E-state index in [1.54, 1.807) is 0 Å². The summed E-state index contributed by atoms with van der Waals surface area (Å²) in [6.45, 7) is 5.62. The fraction of sp³-hybridized carbons (Fsp3) is 0.600. The lowest BCUT2D eigenvalue weighted by atomic mass is 10.1. The minimum atomic E-state index is 0.0808. The molecule has 18 heavy (non-hydrogen) atoms. The highest BCUT2D eigenvalue weighted by molar-refractivity contribution is 6.30. The quantitative estimate of drug-likeness (QED) is 0.846. The van der Waals surface area contributed by atoms with Crippen LogP contribution in [0.25, 0.3) is 0 Å². The van der Waals surface area contributed by atoms with Gasteiger partial charge in [0.05, 0.1) is 6.61 Å². The van der Waals surface area contributed by atoms with E-state index in [1.165, 1.54) is 19.3 Å². The molecule has 0 heterocycles. The zero-order chi connectivity index (χ0) is 13.1. The second-order valence-corrected chi connectivity index (χ2v) is 5.97. The Morgan fingerprint density at radius 1 is 1.39 bits per heavy atom. The van der Waals surface area contributed by atoms with E-state index >= 15 is 0 Å². The number of anilines is 1. The minimum absolute atomic E-state index is 0.0808. The minimum Gasteiger partial charge on any atom is -0.392 e. The van der Waals surface area contributed by atoms with Crippen molar-refractivity contribution in [2.75, 3.05) is 11.4 Å². The summed E-state index contributed by atoms with van der Waals surface area (Å²) in [6.07, 6.45) is 3.69. The fourth-order valence-electron chi connectivity index (χ4n) is 2.22. The van der Waals surface area contributed by atoms with Crippen molar-refractivity contribution in [3.63, 3.8) is 0 Å². The zero-order valence-electron chi connectivity index (χ0n) is 11.2. The summed E-state index contributed by atoms with van der Waals surface area (Å²) in [5.74, 6) is 0.697. The Balaban J connectivity index is 2.21. The molecule has 0 amide bonds. The van der Waals surface area contributed by atoms with Gasteiger partial charge in [0.2, 0.25) is 0 Å². The van der Waals surface area contributed by atoms with E-state index in [2.05, 4.69) is 18.7 Å². The summed E-state index contributed by atoms with van der Waals surface area (Å²) in [5, 5.41) is 10.2. The van der Waals surface area contributed by atoms with Gasteiger partial charge in [-0.25, -0.2) is 0 Å². The van der Waals surface area contributed by atoms with Gasteiger partial charge in [-0.3, -0.25) is 0 Å². The van der Waals surface area contributed by atoms with Gasteiger partial charge in [-0.2, -0.15) is 0 Å². The van der Waals surface area contributed by atoms with Crippen LogP contribution < -0.4 is 4.90 Å². The van der Waals surface area contributed by atoms with Gasteiger partial charge in [-0.15, -0.1) is 0 Å². The maximum atomic E-state index is 9.47. The molecule has 0 unspecified atom stereocenters. The van der Waals surface area contributed by atoms with E-state index in [0.717, 1.165) is 22.8 Å². The normalized spacial score (nSPS) is 15.2. The van der Waals surface area contributed by atoms with E-state index < -0.39 is 0 Å². The van der Waals surface area contributed by atoms with Crippen LogP contribution >= 0.6 is 11.6 Å². The van der Waals surface area contributed by atoms with Crippen LogP contribution in [0.15, 0.2) is 18.2 Å². The molecule has 1 aliphatic rings. The third kappa shape index (κ3) is 3.39. The Morgan fingerprint density at radius 3 is 2.67 bits per heavy atom. The first-order valence-corrected chi connectivity index (χ1v) is 7.15. The molecule has 1 aliphatic carbocycles. The van der Waals surface area contributed by atoms with Crippen molar-refractivity contribution in [2.45, 2.75) is 45.8 Å². The summed E-state index contributed by atoms with van der Waals surface area (Å²) in [6, 6.07) is 6.42. The van der Waals surface area contributed by atoms with Crippen molar-refractivity contribution < 1.29 is 5.11 Å². The Bertz CT molecular complexity index is 401. The highest BCUT2D eigenvalue weighted by Crippen LogP contribution is 2.35. The standard InChI is InChI=1S/C15H22ClNO/c1-11(2)7-8-17(14-5-6-14)15-9-13(16)4-3-12(15)10-18/h3-4,9,11,14,18H,5-8,10H2,1-2H3. The summed E-state index contributed by atoms with van der Waals surface area (Å²) in [7, 11) is 0. The van der Waals surface area contributed by atoms with Crippen molar-refractivity contribution >= 4 is 17.3 Å². The molecule has 1 aromatic rings. The molecule has 1 fully saturated rings. The van der Waals surface area contributed by atoms with Crippen LogP contribution in [0.4, 0.5) is 5.69 Å². The highest BCUT2D eigenvalue weighted by atomic mass is 35.5. The van der Waals surface area contributed by atoms with Crippen molar-refractivity contribution in [1.82, 2.24) is 0 Å². The van der Waals surface area contributed by atoms with Crippen LogP contribution in [0.1, 0.15) is 38.7 Å². The van der Waals surface area contributed by atoms with Crippen LogP contribution in [-0.4, -0.2) is 17.7 Å². The third-order valence-corrected chi connectivity index (χ3v) is 3.70. The van der Waals surface area contributed by atoms with E-state index in [1.807, 2.05) is 18.2 Å². The molecule has 1 N–H and O–H groups in total. The van der Waals surface area contributed by atoms with Crippen molar-refractivity contribution in [2.24, 2.45) is 5.92 Å². The lowest BCUT2D eigenvalue weighted by molar-refractivity contribution is 0.282. The predicted octanol–water partition coefficient (Wildman–Crippen LogP) is 3.85. The third-order valence-electron chi connectivity index (χ3n) is 3.46. The number of aliphatic hydroxyl groups is 1. The molecular weight excluding hydrogens is 246 g/mol. The molecule has 1 aromatic carbocycles. The average molecular weight is 268 g/mol. The van der Waals surface area contributed by atoms with Crippen LogP contribution in [0.3, 0.4) is 0 Å². The summed E-state index contributed by atoms with van der Waals surface area (Å²) in [4.78, 5) is 2.43. The van der Waals surface area contributed by atoms with Crippen LogP contribution in [0.2, 0.25) is 5.02 Å². The topological polar surface area (TPSA) is 23.5 Å². The highest BCUT2D eigenvalue weighted by Gasteiger charge is 2.30. The van der Waals surface area contributed by atoms with Gasteiger partial charge in [-0.05, 0) is 37.3 Å². The van der Waals surface area contributed by atoms with Gasteiger partial charge in [-0.1, -0.05) is 31.5 Å². The predicted molar refractivity (Wildman–Crippen MR) is 77.2 cm³/mol. The molecule has 2 rings (SSSR count). The summed E-state index contributed by atoms with van der Waals surface area (Å²) in [5.41, 5.74) is 2.10. The average Bonchev–Trinajstić information content (AvgIpc) is 3.14. The lowest BCUT2D eigenvalue weighted by Crippen LogP contribution is -2.28. The van der Waals surface area contributed by atoms with E-state index in [-0.39, 0.29) is 6.61 Å². The van der Waals surface area contributed by atoms with E-state index in [0.29, 0.717) is 12.0 Å². The van der Waals surface area contributed by atoms with Crippen LogP contribution in [0, 0.1) is 5.92 Å². The first-order chi connectivity index (χ1) is 8.61. The van der Waals surface area contributed by atoms with Gasteiger partial charge in [0.1, 0.15) is 0 Å². The Hall–Kier alpha value is -0.730. The van der Waals surface area contributed by atoms with Crippen molar-refractivity contribution in [3.8, 4) is 0 Å². The van der Waals surface area contributed by atoms with E-state index in [4.69, 9.17) is 11.6 Å². The van der Waals surface area contributed by atoms with Gasteiger partial charge in [0.25, 0.3) is 0 Å². The first kappa shape index (κ1) is 13.7. The molecule has 0 spiro atoms. The molecular formula is C15H22ClNO. The van der Waals surface area contributed by atoms with Crippen molar-refractivity contribution in [3.05, 3.63) is 28.8 Å². The molecule has 0 aliphatic heterocycles. The number of benzene rings is 1. The van der Waals surface area contributed by atoms with Gasteiger partial charge >= 0.3 is 0 Å².